The summed E-state index contributed by atoms with van der Waals surface area (Å²) < 4.78 is 34.5. The number of hydrogen-bond acceptors (Lipinski definition) is 3. The summed E-state index contributed by atoms with van der Waals surface area (Å²) in [7, 11) is -4.57. The fraction of sp³-hybridized carbons (Fsp3) is 0.312. The second-order valence-corrected chi connectivity index (χ2v) is 7.14. The summed E-state index contributed by atoms with van der Waals surface area (Å²) in [5.74, 6) is -1.26. The molecule has 0 spiro atoms. The second-order valence-electron chi connectivity index (χ2n) is 5.73. The Balaban J connectivity index is 2.01. The van der Waals surface area contributed by atoms with E-state index in [4.69, 9.17) is 0 Å². The highest BCUT2D eigenvalue weighted by atomic mass is 32.3. The number of aryl methyl sites for hydroxylation is 1. The lowest BCUT2D eigenvalue weighted by molar-refractivity contribution is -0.117. The minimum absolute atomic E-state index is 0.0613. The predicted octanol–water partition coefficient (Wildman–Crippen LogP) is 2.80. The third kappa shape index (κ3) is 2.83. The molecule has 1 saturated heterocycles. The van der Waals surface area contributed by atoms with E-state index in [2.05, 4.69) is 0 Å². The van der Waals surface area contributed by atoms with Crippen molar-refractivity contribution in [2.24, 2.45) is 5.92 Å². The highest BCUT2D eigenvalue weighted by molar-refractivity contribution is 7.86. The summed E-state index contributed by atoms with van der Waals surface area (Å²) in [6, 6.07) is 11.6. The van der Waals surface area contributed by atoms with Crippen LogP contribution >= 0.6 is 0 Å². The minimum atomic E-state index is -4.57. The lowest BCUT2D eigenvalue weighted by Crippen LogP contribution is -2.26. The number of benzene rings is 2. The van der Waals surface area contributed by atoms with Crippen LogP contribution in [0.5, 0.6) is 0 Å². The van der Waals surface area contributed by atoms with Gasteiger partial charge in [0, 0.05) is 24.3 Å². The monoisotopic (exact) mass is 321 g/mol. The molecule has 0 N–H and O–H groups in total. The van der Waals surface area contributed by atoms with Crippen LogP contribution in [0.4, 0.5) is 9.57 Å². The first-order valence-corrected chi connectivity index (χ1v) is 8.61. The molecule has 22 heavy (non-hydrogen) atoms. The van der Waals surface area contributed by atoms with E-state index < -0.39 is 21.9 Å². The number of nitrogens with zero attached hydrogens (tertiary/aromatic N) is 1. The Morgan fingerprint density at radius 2 is 1.95 bits per heavy atom. The zero-order valence-electron chi connectivity index (χ0n) is 12.1. The van der Waals surface area contributed by atoms with Crippen molar-refractivity contribution >= 4 is 32.6 Å². The average Bonchev–Trinajstić information content (AvgIpc) is 2.77. The smallest absolute Gasteiger partial charge is 0.302 e. The van der Waals surface area contributed by atoms with Gasteiger partial charge in [0.25, 0.3) is 0 Å². The number of anilines is 1. The van der Waals surface area contributed by atoms with Gasteiger partial charge in [-0.25, -0.2) is 0 Å². The summed E-state index contributed by atoms with van der Waals surface area (Å²) in [4.78, 5) is 13.9. The van der Waals surface area contributed by atoms with Crippen LogP contribution < -0.4 is 4.90 Å². The third-order valence-electron chi connectivity index (χ3n) is 4.01. The summed E-state index contributed by atoms with van der Waals surface area (Å²) >= 11 is 0. The predicted molar refractivity (Wildman–Crippen MR) is 84.0 cm³/mol. The van der Waals surface area contributed by atoms with Gasteiger partial charge in [-0.2, -0.15) is 8.42 Å². The van der Waals surface area contributed by atoms with E-state index in [0.717, 1.165) is 22.0 Å². The van der Waals surface area contributed by atoms with Gasteiger partial charge in [-0.1, -0.05) is 36.4 Å². The first kappa shape index (κ1) is 15.0. The Kier molecular flexibility index (Phi) is 3.64. The van der Waals surface area contributed by atoms with Crippen LogP contribution in [-0.2, 0) is 15.0 Å². The molecule has 2 aromatic carbocycles. The van der Waals surface area contributed by atoms with Crippen LogP contribution in [-0.4, -0.2) is 26.6 Å². The molecule has 6 heteroatoms. The number of amides is 1. The first-order valence-electron chi connectivity index (χ1n) is 7.06. The Morgan fingerprint density at radius 3 is 2.68 bits per heavy atom. The summed E-state index contributed by atoms with van der Waals surface area (Å²) in [5.41, 5.74) is 1.73. The molecule has 0 radical (unpaired) electrons. The van der Waals surface area contributed by atoms with Gasteiger partial charge in [-0.15, -0.1) is 3.89 Å². The van der Waals surface area contributed by atoms with Crippen molar-refractivity contribution in [1.82, 2.24) is 0 Å². The van der Waals surface area contributed by atoms with Gasteiger partial charge in [0.15, 0.2) is 0 Å². The molecule has 0 aromatic heterocycles. The van der Waals surface area contributed by atoms with Crippen molar-refractivity contribution in [1.29, 1.82) is 0 Å². The standard InChI is InChI=1S/C16H16FNO3S/c1-11-6-7-13-4-2-3-5-14(13)16(11)18-9-12(8-15(18)19)10-22(17,20)21/h2-7,12H,8-10H2,1H3. The van der Waals surface area contributed by atoms with E-state index in [-0.39, 0.29) is 18.9 Å². The molecule has 1 aliphatic heterocycles. The maximum absolute atomic E-state index is 12.9. The molecule has 1 fully saturated rings. The summed E-state index contributed by atoms with van der Waals surface area (Å²) in [6.07, 6.45) is 0.0613. The van der Waals surface area contributed by atoms with Crippen LogP contribution in [0.1, 0.15) is 12.0 Å². The SMILES string of the molecule is Cc1ccc2ccccc2c1N1CC(CS(=O)(=O)F)CC1=O. The highest BCUT2D eigenvalue weighted by Gasteiger charge is 2.34. The molecule has 2 aromatic rings. The van der Waals surface area contributed by atoms with Crippen molar-refractivity contribution in [2.75, 3.05) is 17.2 Å². The maximum atomic E-state index is 12.9. The quantitative estimate of drug-likeness (QED) is 0.817. The van der Waals surface area contributed by atoms with Gasteiger partial charge in [-0.3, -0.25) is 4.79 Å². The fourth-order valence-corrected chi connectivity index (χ4v) is 3.90. The largest absolute Gasteiger partial charge is 0.311 e. The lowest BCUT2D eigenvalue weighted by atomic mass is 10.0. The van der Waals surface area contributed by atoms with Crippen LogP contribution in [0.3, 0.4) is 0 Å². The normalized spacial score (nSPS) is 19.1. The average molecular weight is 321 g/mol. The van der Waals surface area contributed by atoms with E-state index in [0.29, 0.717) is 0 Å². The Morgan fingerprint density at radius 1 is 1.23 bits per heavy atom. The van der Waals surface area contributed by atoms with E-state index in [1.807, 2.05) is 43.3 Å². The van der Waals surface area contributed by atoms with Crippen LogP contribution in [0.2, 0.25) is 0 Å². The Labute approximate surface area is 128 Å². The zero-order chi connectivity index (χ0) is 15.9. The molecule has 1 unspecified atom stereocenters. The molecule has 1 atom stereocenters. The summed E-state index contributed by atoms with van der Waals surface area (Å²) in [6.45, 7) is 2.14. The van der Waals surface area contributed by atoms with E-state index >= 15 is 0 Å². The van der Waals surface area contributed by atoms with Crippen molar-refractivity contribution < 1.29 is 17.1 Å². The van der Waals surface area contributed by atoms with Gasteiger partial charge in [-0.05, 0) is 17.9 Å². The number of carbonyl (C=O) groups excluding carboxylic acids is 1. The molecular weight excluding hydrogens is 305 g/mol. The van der Waals surface area contributed by atoms with E-state index in [1.54, 1.807) is 4.90 Å². The van der Waals surface area contributed by atoms with Crippen molar-refractivity contribution in [3.05, 3.63) is 42.0 Å². The fourth-order valence-electron chi connectivity index (χ4n) is 3.11. The molecule has 3 rings (SSSR count). The molecule has 116 valence electrons. The number of hydrogen-bond donors (Lipinski definition) is 0. The van der Waals surface area contributed by atoms with Gasteiger partial charge in [0.05, 0.1) is 11.4 Å². The highest BCUT2D eigenvalue weighted by Crippen LogP contribution is 2.35. The number of rotatable bonds is 3. The van der Waals surface area contributed by atoms with Crippen LogP contribution in [0.25, 0.3) is 10.8 Å². The Hall–Kier alpha value is -1.95. The molecule has 0 aliphatic carbocycles. The zero-order valence-corrected chi connectivity index (χ0v) is 12.9. The van der Waals surface area contributed by atoms with Gasteiger partial charge < -0.3 is 4.90 Å². The first-order chi connectivity index (χ1) is 10.3. The molecular formula is C16H16FNO3S. The van der Waals surface area contributed by atoms with Crippen LogP contribution in [0, 0.1) is 12.8 Å². The number of halogens is 1. The molecule has 1 heterocycles. The molecule has 4 nitrogen and oxygen atoms in total. The minimum Gasteiger partial charge on any atom is -0.311 e. The molecule has 1 aliphatic rings. The second kappa shape index (κ2) is 5.35. The van der Waals surface area contributed by atoms with Gasteiger partial charge in [0.2, 0.25) is 5.91 Å². The number of carbonyl (C=O) groups is 1. The molecule has 0 saturated carbocycles. The molecule has 0 bridgehead atoms. The van der Waals surface area contributed by atoms with E-state index in [9.17, 15) is 17.1 Å². The third-order valence-corrected chi connectivity index (χ3v) is 4.88. The molecule has 1 amide bonds. The Bertz CT molecular complexity index is 848. The van der Waals surface area contributed by atoms with Crippen molar-refractivity contribution in [3.63, 3.8) is 0 Å². The van der Waals surface area contributed by atoms with Crippen molar-refractivity contribution in [2.45, 2.75) is 13.3 Å². The van der Waals surface area contributed by atoms with Gasteiger partial charge in [0.1, 0.15) is 0 Å². The van der Waals surface area contributed by atoms with Crippen molar-refractivity contribution in [3.8, 4) is 0 Å². The van der Waals surface area contributed by atoms with Crippen LogP contribution in [0.15, 0.2) is 36.4 Å². The lowest BCUT2D eigenvalue weighted by Gasteiger charge is -2.21. The maximum Gasteiger partial charge on any atom is 0.302 e. The summed E-state index contributed by atoms with van der Waals surface area (Å²) in [5, 5.41) is 1.96. The number of fused-ring (bicyclic) bond motifs is 1. The van der Waals surface area contributed by atoms with E-state index in [1.165, 1.54) is 0 Å². The van der Waals surface area contributed by atoms with Gasteiger partial charge >= 0.3 is 10.2 Å². The topological polar surface area (TPSA) is 54.5 Å².